The Balaban J connectivity index is 1.28. The van der Waals surface area contributed by atoms with Crippen LogP contribution in [0.5, 0.6) is 11.5 Å². The van der Waals surface area contributed by atoms with Crippen LogP contribution in [0.4, 0.5) is 4.39 Å². The molecule has 1 atom stereocenters. The lowest BCUT2D eigenvalue weighted by atomic mass is 10.0. The van der Waals surface area contributed by atoms with Crippen molar-refractivity contribution in [3.05, 3.63) is 95.1 Å². The highest BCUT2D eigenvalue weighted by Gasteiger charge is 2.21. The van der Waals surface area contributed by atoms with Gasteiger partial charge >= 0.3 is 0 Å². The normalized spacial score (nSPS) is 15.5. The Kier molecular flexibility index (Phi) is 8.56. The zero-order valence-corrected chi connectivity index (χ0v) is 19.3. The van der Waals surface area contributed by atoms with Gasteiger partial charge in [-0.1, -0.05) is 48.2 Å². The lowest BCUT2D eigenvalue weighted by molar-refractivity contribution is 0.121. The van der Waals surface area contributed by atoms with Crippen molar-refractivity contribution < 1.29 is 19.0 Å². The van der Waals surface area contributed by atoms with Gasteiger partial charge in [0, 0.05) is 31.6 Å². The second-order valence-corrected chi connectivity index (χ2v) is 8.31. The molecule has 176 valence electrons. The van der Waals surface area contributed by atoms with Crippen LogP contribution in [0.1, 0.15) is 34.8 Å². The van der Waals surface area contributed by atoms with Crippen LogP contribution in [0.15, 0.2) is 72.8 Å². The van der Waals surface area contributed by atoms with Crippen molar-refractivity contribution in [2.24, 2.45) is 0 Å². The standard InChI is InChI=1S/C29H30FNO3/c30-16-19-33-26-11-9-23(10-12-26)6-4-5-17-31-18-15-25-20-27(13-14-28(25)29(32)21-31)34-22-24-7-2-1-3-8-24/h1-3,7-14,20,29,32H,5,15-19,21-22H2. The SMILES string of the molecule is OC1CN(CCC#Cc2ccc(OCCF)cc2)CCc2cc(OCc3ccccc3)ccc21. The number of aliphatic hydroxyl groups is 1. The van der Waals surface area contributed by atoms with Crippen molar-refractivity contribution in [3.63, 3.8) is 0 Å². The maximum absolute atomic E-state index is 12.2. The number of fused-ring (bicyclic) bond motifs is 1. The quantitative estimate of drug-likeness (QED) is 0.484. The summed E-state index contributed by atoms with van der Waals surface area (Å²) in [5, 5.41) is 10.8. The van der Waals surface area contributed by atoms with Gasteiger partial charge in [-0.25, -0.2) is 4.39 Å². The summed E-state index contributed by atoms with van der Waals surface area (Å²) in [6.07, 6.45) is 1.06. The average Bonchev–Trinajstić information content (AvgIpc) is 3.03. The van der Waals surface area contributed by atoms with Crippen molar-refractivity contribution in [1.82, 2.24) is 4.90 Å². The van der Waals surface area contributed by atoms with E-state index in [1.807, 2.05) is 54.6 Å². The van der Waals surface area contributed by atoms with E-state index in [0.29, 0.717) is 25.3 Å². The summed E-state index contributed by atoms with van der Waals surface area (Å²) in [6.45, 7) is 2.36. The fourth-order valence-corrected chi connectivity index (χ4v) is 4.04. The van der Waals surface area contributed by atoms with E-state index in [-0.39, 0.29) is 6.61 Å². The van der Waals surface area contributed by atoms with Crippen molar-refractivity contribution in [2.45, 2.75) is 25.6 Å². The molecule has 34 heavy (non-hydrogen) atoms. The highest BCUT2D eigenvalue weighted by molar-refractivity contribution is 5.39. The van der Waals surface area contributed by atoms with Crippen LogP contribution in [-0.4, -0.2) is 42.9 Å². The van der Waals surface area contributed by atoms with E-state index in [0.717, 1.165) is 47.5 Å². The van der Waals surface area contributed by atoms with Gasteiger partial charge in [0.05, 0.1) is 6.10 Å². The Bertz CT molecular complexity index is 1110. The lowest BCUT2D eigenvalue weighted by Gasteiger charge is -2.20. The molecule has 1 N–H and O–H groups in total. The van der Waals surface area contributed by atoms with Gasteiger partial charge in [0.25, 0.3) is 0 Å². The number of hydrogen-bond donors (Lipinski definition) is 1. The third-order valence-electron chi connectivity index (χ3n) is 5.84. The van der Waals surface area contributed by atoms with Crippen molar-refractivity contribution in [2.75, 3.05) is 32.9 Å². The lowest BCUT2D eigenvalue weighted by Crippen LogP contribution is -2.29. The number of hydrogen-bond acceptors (Lipinski definition) is 4. The third kappa shape index (κ3) is 6.84. The fourth-order valence-electron chi connectivity index (χ4n) is 4.04. The average molecular weight is 460 g/mol. The molecule has 1 aliphatic heterocycles. The third-order valence-corrected chi connectivity index (χ3v) is 5.84. The largest absolute Gasteiger partial charge is 0.491 e. The smallest absolute Gasteiger partial charge is 0.123 e. The number of rotatable bonds is 8. The number of benzene rings is 3. The Hall–Kier alpha value is -3.33. The highest BCUT2D eigenvalue weighted by Crippen LogP contribution is 2.28. The first kappa shape index (κ1) is 23.8. The van der Waals surface area contributed by atoms with Gasteiger partial charge < -0.3 is 14.6 Å². The molecule has 5 heteroatoms. The predicted octanol–water partition coefficient (Wildman–Crippen LogP) is 4.95. The van der Waals surface area contributed by atoms with Crippen molar-refractivity contribution in [1.29, 1.82) is 0 Å². The molecule has 0 bridgehead atoms. The summed E-state index contributed by atoms with van der Waals surface area (Å²) in [7, 11) is 0. The molecule has 0 saturated heterocycles. The Morgan fingerprint density at radius 1 is 0.971 bits per heavy atom. The molecule has 0 fully saturated rings. The zero-order valence-electron chi connectivity index (χ0n) is 19.3. The summed E-state index contributed by atoms with van der Waals surface area (Å²) in [4.78, 5) is 2.26. The van der Waals surface area contributed by atoms with Crippen molar-refractivity contribution in [3.8, 4) is 23.3 Å². The minimum absolute atomic E-state index is 0.0681. The highest BCUT2D eigenvalue weighted by atomic mass is 19.1. The monoisotopic (exact) mass is 459 g/mol. The van der Waals surface area contributed by atoms with Crippen LogP contribution in [0, 0.1) is 11.8 Å². The molecule has 3 aromatic rings. The van der Waals surface area contributed by atoms with Gasteiger partial charge in [0.2, 0.25) is 0 Å². The Morgan fingerprint density at radius 3 is 2.56 bits per heavy atom. The Labute approximate surface area is 201 Å². The second-order valence-electron chi connectivity index (χ2n) is 8.31. The molecule has 3 aromatic carbocycles. The molecular weight excluding hydrogens is 429 g/mol. The summed E-state index contributed by atoms with van der Waals surface area (Å²) in [5.41, 5.74) is 4.15. The van der Waals surface area contributed by atoms with Crippen LogP contribution >= 0.6 is 0 Å². The van der Waals surface area contributed by atoms with E-state index < -0.39 is 12.8 Å². The van der Waals surface area contributed by atoms with Gasteiger partial charge in [-0.05, 0) is 59.5 Å². The molecule has 1 aliphatic rings. The number of β-amino-alcohol motifs (C(OH)–C–C–N with tert-alkyl or cyclic N) is 1. The predicted molar refractivity (Wildman–Crippen MR) is 132 cm³/mol. The van der Waals surface area contributed by atoms with Crippen molar-refractivity contribution >= 4 is 0 Å². The van der Waals surface area contributed by atoms with Crippen LogP contribution < -0.4 is 9.47 Å². The zero-order chi connectivity index (χ0) is 23.6. The van der Waals surface area contributed by atoms with Crippen LogP contribution in [-0.2, 0) is 13.0 Å². The van der Waals surface area contributed by atoms with E-state index in [9.17, 15) is 9.50 Å². The van der Waals surface area contributed by atoms with Gasteiger partial charge in [-0.3, -0.25) is 4.90 Å². The summed E-state index contributed by atoms with van der Waals surface area (Å²) in [6, 6.07) is 23.5. The fraction of sp³-hybridized carbons (Fsp3) is 0.310. The van der Waals surface area contributed by atoms with E-state index in [2.05, 4.69) is 22.8 Å². The molecular formula is C29H30FNO3. The first-order chi connectivity index (χ1) is 16.7. The maximum atomic E-state index is 12.2. The van der Waals surface area contributed by atoms with Gasteiger partial charge in [-0.15, -0.1) is 0 Å². The number of halogens is 1. The molecule has 0 amide bonds. The summed E-state index contributed by atoms with van der Waals surface area (Å²) >= 11 is 0. The summed E-state index contributed by atoms with van der Waals surface area (Å²) in [5.74, 6) is 7.85. The first-order valence-corrected chi connectivity index (χ1v) is 11.7. The van der Waals surface area contributed by atoms with Crippen LogP contribution in [0.2, 0.25) is 0 Å². The number of ether oxygens (including phenoxy) is 2. The second kappa shape index (κ2) is 12.2. The van der Waals surface area contributed by atoms with E-state index in [4.69, 9.17) is 9.47 Å². The number of nitrogens with zero attached hydrogens (tertiary/aromatic N) is 1. The van der Waals surface area contributed by atoms with Gasteiger partial charge in [0.15, 0.2) is 0 Å². The minimum atomic E-state index is -0.523. The number of alkyl halides is 1. The molecule has 0 aliphatic carbocycles. The molecule has 1 unspecified atom stereocenters. The van der Waals surface area contributed by atoms with Crippen LogP contribution in [0.25, 0.3) is 0 Å². The van der Waals surface area contributed by atoms with Crippen LogP contribution in [0.3, 0.4) is 0 Å². The van der Waals surface area contributed by atoms with E-state index in [1.165, 1.54) is 0 Å². The van der Waals surface area contributed by atoms with Gasteiger partial charge in [-0.2, -0.15) is 0 Å². The van der Waals surface area contributed by atoms with E-state index >= 15 is 0 Å². The molecule has 4 nitrogen and oxygen atoms in total. The topological polar surface area (TPSA) is 41.9 Å². The first-order valence-electron chi connectivity index (χ1n) is 11.7. The summed E-state index contributed by atoms with van der Waals surface area (Å²) < 4.78 is 23.4. The molecule has 4 rings (SSSR count). The van der Waals surface area contributed by atoms with Gasteiger partial charge in [0.1, 0.15) is 31.4 Å². The molecule has 0 aromatic heterocycles. The Morgan fingerprint density at radius 2 is 1.76 bits per heavy atom. The number of aliphatic hydroxyl groups excluding tert-OH is 1. The molecule has 1 heterocycles. The molecule has 0 saturated carbocycles. The molecule has 0 radical (unpaired) electrons. The van der Waals surface area contributed by atoms with E-state index in [1.54, 1.807) is 12.1 Å². The minimum Gasteiger partial charge on any atom is -0.491 e. The molecule has 0 spiro atoms. The maximum Gasteiger partial charge on any atom is 0.123 e.